The van der Waals surface area contributed by atoms with Crippen molar-refractivity contribution in [3.8, 4) is 11.5 Å². The molecule has 140 valence electrons. The molecule has 0 unspecified atom stereocenters. The molecule has 5 nitrogen and oxygen atoms in total. The first kappa shape index (κ1) is 18.5. The third kappa shape index (κ3) is 4.66. The maximum absolute atomic E-state index is 9.53. The lowest BCUT2D eigenvalue weighted by molar-refractivity contribution is 0.0326. The average molecular weight is 348 g/mol. The van der Waals surface area contributed by atoms with Crippen molar-refractivity contribution in [2.24, 2.45) is 0 Å². The SMILES string of the molecule is COc1cc(CN2CCN(C3CCCC3)C[C@@H]2CCO)cc(OC)c1. The first-order valence-corrected chi connectivity index (χ1v) is 9.54. The number of methoxy groups -OCH3 is 2. The van der Waals surface area contributed by atoms with Gasteiger partial charge in [0.15, 0.2) is 0 Å². The summed E-state index contributed by atoms with van der Waals surface area (Å²) in [4.78, 5) is 5.17. The molecule has 0 spiro atoms. The second kappa shape index (κ2) is 8.88. The van der Waals surface area contributed by atoms with Crippen molar-refractivity contribution in [3.63, 3.8) is 0 Å². The first-order valence-electron chi connectivity index (χ1n) is 9.54. The Morgan fingerprint density at radius 3 is 2.32 bits per heavy atom. The molecule has 3 rings (SSSR count). The Labute approximate surface area is 151 Å². The lowest BCUT2D eigenvalue weighted by atomic mass is 10.0. The summed E-state index contributed by atoms with van der Waals surface area (Å²) in [6.45, 7) is 4.39. The quantitative estimate of drug-likeness (QED) is 0.820. The number of aliphatic hydroxyl groups excluding tert-OH is 1. The van der Waals surface area contributed by atoms with E-state index < -0.39 is 0 Å². The van der Waals surface area contributed by atoms with Gasteiger partial charge in [0.2, 0.25) is 0 Å². The van der Waals surface area contributed by atoms with Crippen molar-refractivity contribution in [1.29, 1.82) is 0 Å². The van der Waals surface area contributed by atoms with Crippen molar-refractivity contribution in [2.75, 3.05) is 40.5 Å². The van der Waals surface area contributed by atoms with E-state index in [9.17, 15) is 5.11 Å². The van der Waals surface area contributed by atoms with Crippen LogP contribution in [0.2, 0.25) is 0 Å². The molecule has 0 radical (unpaired) electrons. The molecule has 1 aromatic rings. The Morgan fingerprint density at radius 1 is 1.04 bits per heavy atom. The van der Waals surface area contributed by atoms with Crippen molar-refractivity contribution >= 4 is 0 Å². The van der Waals surface area contributed by atoms with Crippen LogP contribution in [0.1, 0.15) is 37.7 Å². The van der Waals surface area contributed by atoms with Gasteiger partial charge in [-0.2, -0.15) is 0 Å². The summed E-state index contributed by atoms with van der Waals surface area (Å²) >= 11 is 0. The second-order valence-electron chi connectivity index (χ2n) is 7.29. The third-order valence-corrected chi connectivity index (χ3v) is 5.74. The molecule has 0 aromatic heterocycles. The Morgan fingerprint density at radius 2 is 1.72 bits per heavy atom. The molecule has 1 saturated heterocycles. The molecule has 25 heavy (non-hydrogen) atoms. The van der Waals surface area contributed by atoms with Crippen LogP contribution in [0.4, 0.5) is 0 Å². The van der Waals surface area contributed by atoms with E-state index in [1.165, 1.54) is 31.2 Å². The summed E-state index contributed by atoms with van der Waals surface area (Å²) in [6.07, 6.45) is 6.28. The number of nitrogens with zero attached hydrogens (tertiary/aromatic N) is 2. The minimum absolute atomic E-state index is 0.251. The number of benzene rings is 1. The highest BCUT2D eigenvalue weighted by Crippen LogP contribution is 2.28. The summed E-state index contributed by atoms with van der Waals surface area (Å²) in [6, 6.07) is 7.26. The molecule has 1 aliphatic heterocycles. The van der Waals surface area contributed by atoms with Crippen LogP contribution in [0.15, 0.2) is 18.2 Å². The summed E-state index contributed by atoms with van der Waals surface area (Å²) in [5.74, 6) is 1.66. The van der Waals surface area contributed by atoms with Crippen LogP contribution >= 0.6 is 0 Å². The molecule has 0 bridgehead atoms. The molecule has 2 fully saturated rings. The number of ether oxygens (including phenoxy) is 2. The zero-order chi connectivity index (χ0) is 17.6. The van der Waals surface area contributed by atoms with E-state index >= 15 is 0 Å². The molecule has 1 atom stereocenters. The van der Waals surface area contributed by atoms with Crippen LogP contribution in [0.25, 0.3) is 0 Å². The lowest BCUT2D eigenvalue weighted by Gasteiger charge is -2.44. The van der Waals surface area contributed by atoms with E-state index in [1.54, 1.807) is 14.2 Å². The number of hydrogen-bond donors (Lipinski definition) is 1. The van der Waals surface area contributed by atoms with Gasteiger partial charge in [0, 0.05) is 50.9 Å². The van der Waals surface area contributed by atoms with E-state index in [0.29, 0.717) is 6.04 Å². The van der Waals surface area contributed by atoms with E-state index in [4.69, 9.17) is 9.47 Å². The van der Waals surface area contributed by atoms with Crippen LogP contribution in [0, 0.1) is 0 Å². The van der Waals surface area contributed by atoms with Crippen LogP contribution in [-0.2, 0) is 6.54 Å². The zero-order valence-corrected chi connectivity index (χ0v) is 15.6. The fraction of sp³-hybridized carbons (Fsp3) is 0.700. The highest BCUT2D eigenvalue weighted by Gasteiger charge is 2.31. The van der Waals surface area contributed by atoms with Gasteiger partial charge in [-0.15, -0.1) is 0 Å². The van der Waals surface area contributed by atoms with E-state index in [2.05, 4.69) is 21.9 Å². The summed E-state index contributed by atoms with van der Waals surface area (Å²) in [7, 11) is 3.38. The normalized spacial score (nSPS) is 23.1. The van der Waals surface area contributed by atoms with Crippen LogP contribution in [0.3, 0.4) is 0 Å². The molecular formula is C20H32N2O3. The summed E-state index contributed by atoms with van der Waals surface area (Å²) < 4.78 is 10.8. The fourth-order valence-corrected chi connectivity index (χ4v) is 4.34. The van der Waals surface area contributed by atoms with Gasteiger partial charge >= 0.3 is 0 Å². The van der Waals surface area contributed by atoms with Gasteiger partial charge in [-0.3, -0.25) is 9.80 Å². The van der Waals surface area contributed by atoms with Gasteiger partial charge in [-0.1, -0.05) is 12.8 Å². The maximum Gasteiger partial charge on any atom is 0.122 e. The minimum atomic E-state index is 0.251. The largest absolute Gasteiger partial charge is 0.497 e. The van der Waals surface area contributed by atoms with Gasteiger partial charge in [-0.05, 0) is 37.0 Å². The lowest BCUT2D eigenvalue weighted by Crippen LogP contribution is -2.55. The molecular weight excluding hydrogens is 316 g/mol. The maximum atomic E-state index is 9.53. The molecule has 1 N–H and O–H groups in total. The van der Waals surface area contributed by atoms with Crippen molar-refractivity contribution < 1.29 is 14.6 Å². The van der Waals surface area contributed by atoms with Crippen molar-refractivity contribution in [3.05, 3.63) is 23.8 Å². The van der Waals surface area contributed by atoms with Gasteiger partial charge in [0.1, 0.15) is 11.5 Å². The van der Waals surface area contributed by atoms with Crippen LogP contribution in [-0.4, -0.2) is 67.5 Å². The molecule has 1 saturated carbocycles. The topological polar surface area (TPSA) is 45.2 Å². The summed E-state index contributed by atoms with van der Waals surface area (Å²) in [5, 5.41) is 9.53. The molecule has 5 heteroatoms. The monoisotopic (exact) mass is 348 g/mol. The Bertz CT molecular complexity index is 523. The van der Waals surface area contributed by atoms with Gasteiger partial charge in [0.25, 0.3) is 0 Å². The van der Waals surface area contributed by atoms with Crippen molar-refractivity contribution in [2.45, 2.75) is 50.7 Å². The Hall–Kier alpha value is -1.30. The van der Waals surface area contributed by atoms with E-state index in [1.807, 2.05) is 6.07 Å². The first-order chi connectivity index (χ1) is 12.2. The summed E-state index contributed by atoms with van der Waals surface area (Å²) in [5.41, 5.74) is 1.20. The number of rotatable bonds is 7. The highest BCUT2D eigenvalue weighted by atomic mass is 16.5. The standard InChI is InChI=1S/C20H32N2O3/c1-24-19-11-16(12-20(13-19)25-2)14-21-8-9-22(15-18(21)7-10-23)17-5-3-4-6-17/h11-13,17-18,23H,3-10,14-15H2,1-2H3/t18-/m0/s1. The van der Waals surface area contributed by atoms with E-state index in [0.717, 1.165) is 50.1 Å². The predicted octanol–water partition coefficient (Wildman–Crippen LogP) is 2.52. The smallest absolute Gasteiger partial charge is 0.122 e. The Kier molecular flexibility index (Phi) is 6.57. The number of piperazine rings is 1. The second-order valence-corrected chi connectivity index (χ2v) is 7.29. The average Bonchev–Trinajstić information content (AvgIpc) is 3.17. The van der Waals surface area contributed by atoms with E-state index in [-0.39, 0.29) is 6.61 Å². The molecule has 1 aromatic carbocycles. The van der Waals surface area contributed by atoms with Gasteiger partial charge in [-0.25, -0.2) is 0 Å². The molecule has 1 heterocycles. The van der Waals surface area contributed by atoms with Crippen molar-refractivity contribution in [1.82, 2.24) is 9.80 Å². The van der Waals surface area contributed by atoms with Gasteiger partial charge < -0.3 is 14.6 Å². The van der Waals surface area contributed by atoms with Gasteiger partial charge in [0.05, 0.1) is 14.2 Å². The number of aliphatic hydroxyl groups is 1. The Balaban J connectivity index is 1.68. The fourth-order valence-electron chi connectivity index (χ4n) is 4.34. The predicted molar refractivity (Wildman–Crippen MR) is 99.3 cm³/mol. The molecule has 0 amide bonds. The molecule has 2 aliphatic rings. The highest BCUT2D eigenvalue weighted by molar-refractivity contribution is 5.38. The van der Waals surface area contributed by atoms with Crippen LogP contribution in [0.5, 0.6) is 11.5 Å². The number of hydrogen-bond acceptors (Lipinski definition) is 5. The molecule has 1 aliphatic carbocycles. The minimum Gasteiger partial charge on any atom is -0.497 e. The van der Waals surface area contributed by atoms with Crippen LogP contribution < -0.4 is 9.47 Å². The third-order valence-electron chi connectivity index (χ3n) is 5.74. The zero-order valence-electron chi connectivity index (χ0n) is 15.6.